The molecule has 2 nitrogen and oxygen atoms in total. The Labute approximate surface area is 94.0 Å². The highest BCUT2D eigenvalue weighted by Crippen LogP contribution is 2.24. The van der Waals surface area contributed by atoms with Gasteiger partial charge in [-0.05, 0) is 60.4 Å². The van der Waals surface area contributed by atoms with Gasteiger partial charge in [0.25, 0.3) is 0 Å². The van der Waals surface area contributed by atoms with Gasteiger partial charge in [-0.3, -0.25) is 0 Å². The van der Waals surface area contributed by atoms with Crippen molar-refractivity contribution < 1.29 is 0 Å². The minimum atomic E-state index is 0.416. The van der Waals surface area contributed by atoms with Crippen LogP contribution in [0.5, 0.6) is 0 Å². The summed E-state index contributed by atoms with van der Waals surface area (Å²) in [6, 6.07) is 6.71. The van der Waals surface area contributed by atoms with Gasteiger partial charge in [0, 0.05) is 16.2 Å². The van der Waals surface area contributed by atoms with E-state index >= 15 is 0 Å². The zero-order chi connectivity index (χ0) is 10.6. The molecule has 1 aromatic carbocycles. The highest BCUT2D eigenvalue weighted by atomic mass is 79.9. The van der Waals surface area contributed by atoms with Crippen molar-refractivity contribution in [3.05, 3.63) is 28.2 Å². The van der Waals surface area contributed by atoms with Crippen molar-refractivity contribution in [2.24, 2.45) is 5.73 Å². The Bertz CT molecular complexity index is 299. The molecule has 0 aliphatic heterocycles. The molecule has 0 spiro atoms. The third-order valence-corrected chi connectivity index (χ3v) is 2.78. The van der Waals surface area contributed by atoms with Crippen molar-refractivity contribution in [1.82, 2.24) is 0 Å². The third-order valence-electron chi connectivity index (χ3n) is 2.13. The topological polar surface area (TPSA) is 38.0 Å². The fourth-order valence-corrected chi connectivity index (χ4v) is 1.93. The normalized spacial score (nSPS) is 12.6. The number of anilines is 1. The summed E-state index contributed by atoms with van der Waals surface area (Å²) in [5.74, 6) is 0. The van der Waals surface area contributed by atoms with Crippen LogP contribution >= 0.6 is 15.9 Å². The van der Waals surface area contributed by atoms with Crippen molar-refractivity contribution in [1.29, 1.82) is 0 Å². The van der Waals surface area contributed by atoms with Gasteiger partial charge in [0.05, 0.1) is 0 Å². The zero-order valence-corrected chi connectivity index (χ0v) is 10.3. The van der Waals surface area contributed by atoms with Gasteiger partial charge >= 0.3 is 0 Å². The predicted molar refractivity (Wildman–Crippen MR) is 65.6 cm³/mol. The number of nitrogens with one attached hydrogen (secondary N) is 1. The van der Waals surface area contributed by atoms with E-state index in [1.807, 2.05) is 0 Å². The van der Waals surface area contributed by atoms with E-state index in [0.717, 1.165) is 23.1 Å². The molecule has 0 fully saturated rings. The van der Waals surface area contributed by atoms with Crippen LogP contribution in [0.2, 0.25) is 0 Å². The van der Waals surface area contributed by atoms with Crippen LogP contribution in [-0.4, -0.2) is 12.6 Å². The first kappa shape index (κ1) is 11.5. The Balaban J connectivity index is 2.67. The van der Waals surface area contributed by atoms with Crippen molar-refractivity contribution in [2.75, 3.05) is 11.9 Å². The summed E-state index contributed by atoms with van der Waals surface area (Å²) in [5, 5.41) is 3.41. The fourth-order valence-electron chi connectivity index (χ4n) is 1.32. The zero-order valence-electron chi connectivity index (χ0n) is 8.68. The van der Waals surface area contributed by atoms with Gasteiger partial charge in [-0.15, -0.1) is 0 Å². The number of aryl methyl sites for hydroxylation is 1. The SMILES string of the molecule is Cc1ccc(NC(C)CCN)c(Br)c1. The second kappa shape index (κ2) is 5.37. The average Bonchev–Trinajstić information content (AvgIpc) is 2.10. The van der Waals surface area contributed by atoms with Gasteiger partial charge in [0.1, 0.15) is 0 Å². The predicted octanol–water partition coefficient (Wildman–Crippen LogP) is 2.91. The van der Waals surface area contributed by atoms with Crippen LogP contribution in [0.3, 0.4) is 0 Å². The van der Waals surface area contributed by atoms with Crippen molar-refractivity contribution in [2.45, 2.75) is 26.3 Å². The highest BCUT2D eigenvalue weighted by Gasteiger charge is 2.03. The molecule has 14 heavy (non-hydrogen) atoms. The summed E-state index contributed by atoms with van der Waals surface area (Å²) in [7, 11) is 0. The molecule has 0 saturated carbocycles. The molecule has 78 valence electrons. The smallest absolute Gasteiger partial charge is 0.0486 e. The molecule has 0 aromatic heterocycles. The van der Waals surface area contributed by atoms with Crippen LogP contribution < -0.4 is 11.1 Å². The maximum absolute atomic E-state index is 5.49. The molecule has 1 atom stereocenters. The van der Waals surface area contributed by atoms with Crippen molar-refractivity contribution in [3.63, 3.8) is 0 Å². The Morgan fingerprint density at radius 3 is 2.79 bits per heavy atom. The molecule has 0 heterocycles. The Morgan fingerprint density at radius 2 is 2.21 bits per heavy atom. The first-order chi connectivity index (χ1) is 6.63. The van der Waals surface area contributed by atoms with Crippen LogP contribution in [0.15, 0.2) is 22.7 Å². The summed E-state index contributed by atoms with van der Waals surface area (Å²) in [4.78, 5) is 0. The van der Waals surface area contributed by atoms with E-state index in [0.29, 0.717) is 6.04 Å². The van der Waals surface area contributed by atoms with Gasteiger partial charge in [-0.1, -0.05) is 6.07 Å². The molecule has 0 amide bonds. The highest BCUT2D eigenvalue weighted by molar-refractivity contribution is 9.10. The maximum Gasteiger partial charge on any atom is 0.0486 e. The van der Waals surface area contributed by atoms with E-state index in [4.69, 9.17) is 5.73 Å². The molecule has 1 rings (SSSR count). The van der Waals surface area contributed by atoms with Crippen LogP contribution in [-0.2, 0) is 0 Å². The van der Waals surface area contributed by atoms with Gasteiger partial charge in [0.15, 0.2) is 0 Å². The molecule has 0 aliphatic rings. The lowest BCUT2D eigenvalue weighted by atomic mass is 10.2. The molecular formula is C11H17BrN2. The van der Waals surface area contributed by atoms with Gasteiger partial charge in [-0.25, -0.2) is 0 Å². The van der Waals surface area contributed by atoms with Crippen LogP contribution in [0.25, 0.3) is 0 Å². The van der Waals surface area contributed by atoms with Gasteiger partial charge in [0.2, 0.25) is 0 Å². The van der Waals surface area contributed by atoms with E-state index in [1.54, 1.807) is 0 Å². The lowest BCUT2D eigenvalue weighted by Crippen LogP contribution is -2.19. The average molecular weight is 257 g/mol. The molecule has 1 aromatic rings. The summed E-state index contributed by atoms with van der Waals surface area (Å²) >= 11 is 3.53. The summed E-state index contributed by atoms with van der Waals surface area (Å²) in [5.41, 5.74) is 7.89. The van der Waals surface area contributed by atoms with E-state index in [9.17, 15) is 0 Å². The lowest BCUT2D eigenvalue weighted by Gasteiger charge is -2.15. The number of halogens is 1. The Hall–Kier alpha value is -0.540. The maximum atomic E-state index is 5.49. The number of benzene rings is 1. The largest absolute Gasteiger partial charge is 0.382 e. The number of hydrogen-bond donors (Lipinski definition) is 2. The van der Waals surface area contributed by atoms with Gasteiger partial charge < -0.3 is 11.1 Å². The first-order valence-electron chi connectivity index (χ1n) is 4.86. The summed E-state index contributed by atoms with van der Waals surface area (Å²) < 4.78 is 1.11. The summed E-state index contributed by atoms with van der Waals surface area (Å²) in [6.07, 6.45) is 0.986. The van der Waals surface area contributed by atoms with Crippen molar-refractivity contribution in [3.8, 4) is 0 Å². The lowest BCUT2D eigenvalue weighted by molar-refractivity contribution is 0.716. The monoisotopic (exact) mass is 256 g/mol. The second-order valence-electron chi connectivity index (χ2n) is 3.61. The number of hydrogen-bond acceptors (Lipinski definition) is 2. The second-order valence-corrected chi connectivity index (χ2v) is 4.46. The molecular weight excluding hydrogens is 240 g/mol. The first-order valence-corrected chi connectivity index (χ1v) is 5.65. The molecule has 3 heteroatoms. The molecule has 0 radical (unpaired) electrons. The molecule has 1 unspecified atom stereocenters. The van der Waals surface area contributed by atoms with Gasteiger partial charge in [-0.2, -0.15) is 0 Å². The summed E-state index contributed by atoms with van der Waals surface area (Å²) in [6.45, 7) is 4.94. The molecule has 3 N–H and O–H groups in total. The Kier molecular flexibility index (Phi) is 4.42. The molecule has 0 aliphatic carbocycles. The van der Waals surface area contributed by atoms with Crippen LogP contribution in [0, 0.1) is 6.92 Å². The van der Waals surface area contributed by atoms with E-state index in [-0.39, 0.29) is 0 Å². The minimum Gasteiger partial charge on any atom is -0.382 e. The minimum absolute atomic E-state index is 0.416. The third kappa shape index (κ3) is 3.31. The fraction of sp³-hybridized carbons (Fsp3) is 0.455. The quantitative estimate of drug-likeness (QED) is 0.870. The number of nitrogens with two attached hydrogens (primary N) is 1. The van der Waals surface area contributed by atoms with E-state index in [1.165, 1.54) is 5.56 Å². The number of rotatable bonds is 4. The van der Waals surface area contributed by atoms with Crippen molar-refractivity contribution >= 4 is 21.6 Å². The molecule has 0 bridgehead atoms. The van der Waals surface area contributed by atoms with Crippen LogP contribution in [0.1, 0.15) is 18.9 Å². The standard InChI is InChI=1S/C11H17BrN2/c1-8-3-4-11(10(12)7-8)14-9(2)5-6-13/h3-4,7,9,14H,5-6,13H2,1-2H3. The van der Waals surface area contributed by atoms with E-state index in [2.05, 4.69) is 53.3 Å². The Morgan fingerprint density at radius 1 is 1.50 bits per heavy atom. The molecule has 0 saturated heterocycles. The van der Waals surface area contributed by atoms with Crippen LogP contribution in [0.4, 0.5) is 5.69 Å². The van der Waals surface area contributed by atoms with E-state index < -0.39 is 0 Å².